The van der Waals surface area contributed by atoms with E-state index in [1.54, 1.807) is 30.3 Å². The Kier molecular flexibility index (Phi) is 33.3. The lowest BCUT2D eigenvalue weighted by Crippen LogP contribution is -2.09. The van der Waals surface area contributed by atoms with Crippen LogP contribution in [0, 0.1) is 0 Å². The van der Waals surface area contributed by atoms with Crippen LogP contribution >= 0.6 is 0 Å². The minimum absolute atomic E-state index is 0.0363. The molecule has 28 nitrogen and oxygen atoms in total. The maximum Gasteiger partial charge on any atom is 0.339 e. The van der Waals surface area contributed by atoms with Gasteiger partial charge in [0.25, 0.3) is 0 Å². The summed E-state index contributed by atoms with van der Waals surface area (Å²) in [7, 11) is 10.9. The summed E-state index contributed by atoms with van der Waals surface area (Å²) in [5.41, 5.74) is 1.82. The lowest BCUT2D eigenvalue weighted by molar-refractivity contribution is -0.138. The van der Waals surface area contributed by atoms with Gasteiger partial charge in [-0.25, -0.2) is 38.4 Å². The summed E-state index contributed by atoms with van der Waals surface area (Å²) in [4.78, 5) is 94.9. The van der Waals surface area contributed by atoms with Gasteiger partial charge in [-0.3, -0.25) is 0 Å². The molecule has 0 amide bonds. The van der Waals surface area contributed by atoms with Crippen LogP contribution in [0.25, 0.3) is 44.5 Å². The summed E-state index contributed by atoms with van der Waals surface area (Å²) < 4.78 is 89.4. The first-order chi connectivity index (χ1) is 50.1. The van der Waals surface area contributed by atoms with Crippen LogP contribution in [0.3, 0.4) is 0 Å². The van der Waals surface area contributed by atoms with Crippen LogP contribution in [-0.4, -0.2) is 178 Å². The topological polar surface area (TPSA) is 365 Å². The van der Waals surface area contributed by atoms with Crippen molar-refractivity contribution in [3.63, 3.8) is 0 Å². The van der Waals surface area contributed by atoms with Gasteiger partial charge >= 0.3 is 47.8 Å². The zero-order chi connectivity index (χ0) is 76.4. The first-order valence-corrected chi connectivity index (χ1v) is 32.1. The molecule has 6 aromatic rings. The predicted molar refractivity (Wildman–Crippen MR) is 378 cm³/mol. The number of hydrogen-bond acceptors (Lipinski definition) is 24. The standard InChI is InChI=1S/C39H44O15.C37H40O13/c1-8-30(40)51-16-10-12-18-53-34-28(47-4)21-25(38(42)43)32(36(34)49-6)23-14-15-24(27(20-23)46-3)33-26(39(44)45)22-29(48-5)35(37(33)50-7)54-19-13-11-17-52-31(41)9-2;1-6-30(38)49-20-10-8-18-47-27-16-14-25(36(40)41)34(45-4)32(27)23-12-13-24(29(22-23)44-3)33-28(17-15-26(37(42)43)35(33)46-5)48-19-9-11-21-50-31(39)7-2/h8-9,14-15,20-22H,1-2,10-13,16-19H2,3-7H3,(H,42,43)(H,44,45);6-7,12-17,22H,1-2,8-11,18-21H2,3-5H3,(H,40,41)(H,42,43). The van der Waals surface area contributed by atoms with Crippen LogP contribution in [0.15, 0.2) is 123 Å². The first-order valence-electron chi connectivity index (χ1n) is 32.1. The summed E-state index contributed by atoms with van der Waals surface area (Å²) in [6.45, 7) is 14.8. The van der Waals surface area contributed by atoms with E-state index in [0.29, 0.717) is 90.7 Å². The highest BCUT2D eigenvalue weighted by Crippen LogP contribution is 2.53. The minimum atomic E-state index is -1.30. The molecule has 28 heteroatoms. The average molecular weight is 1450 g/mol. The molecule has 104 heavy (non-hydrogen) atoms. The quantitative estimate of drug-likeness (QED) is 0.0119. The Morgan fingerprint density at radius 3 is 0.923 bits per heavy atom. The molecule has 0 bridgehead atoms. The Hall–Kier alpha value is -12.4. The second kappa shape index (κ2) is 42.0. The van der Waals surface area contributed by atoms with Crippen molar-refractivity contribution in [3.8, 4) is 114 Å². The zero-order valence-electron chi connectivity index (χ0n) is 59.0. The molecule has 0 unspecified atom stereocenters. The molecule has 0 atom stereocenters. The number of hydrogen-bond donors (Lipinski definition) is 4. The van der Waals surface area contributed by atoms with E-state index in [2.05, 4.69) is 26.3 Å². The van der Waals surface area contributed by atoms with Gasteiger partial charge in [-0.05, 0) is 123 Å². The number of carbonyl (C=O) groups excluding carboxylic acids is 4. The number of methoxy groups -OCH3 is 8. The van der Waals surface area contributed by atoms with E-state index in [9.17, 15) is 58.8 Å². The molecule has 0 saturated heterocycles. The molecule has 0 radical (unpaired) electrons. The Morgan fingerprint density at radius 2 is 0.587 bits per heavy atom. The highest BCUT2D eigenvalue weighted by molar-refractivity contribution is 6.04. The molecule has 0 saturated carbocycles. The van der Waals surface area contributed by atoms with Gasteiger partial charge in [0.15, 0.2) is 23.0 Å². The molecule has 556 valence electrons. The lowest BCUT2D eigenvalue weighted by atomic mass is 9.92. The smallest absolute Gasteiger partial charge is 0.339 e. The molecule has 0 spiro atoms. The zero-order valence-corrected chi connectivity index (χ0v) is 59.0. The van der Waals surface area contributed by atoms with E-state index in [0.717, 1.165) is 24.3 Å². The molecule has 0 aliphatic heterocycles. The monoisotopic (exact) mass is 1440 g/mol. The minimum Gasteiger partial charge on any atom is -0.496 e. The van der Waals surface area contributed by atoms with Gasteiger partial charge in [0.2, 0.25) is 11.5 Å². The Labute approximate surface area is 600 Å². The third-order valence-electron chi connectivity index (χ3n) is 15.1. The van der Waals surface area contributed by atoms with Crippen molar-refractivity contribution in [3.05, 3.63) is 146 Å². The van der Waals surface area contributed by atoms with Crippen molar-refractivity contribution in [2.75, 3.05) is 110 Å². The van der Waals surface area contributed by atoms with Crippen LogP contribution in [0.4, 0.5) is 0 Å². The van der Waals surface area contributed by atoms with E-state index in [1.807, 2.05) is 0 Å². The van der Waals surface area contributed by atoms with Gasteiger partial charge < -0.3 is 96.2 Å². The Morgan fingerprint density at radius 1 is 0.288 bits per heavy atom. The predicted octanol–water partition coefficient (Wildman–Crippen LogP) is 12.5. The number of rotatable bonds is 44. The molecule has 0 heterocycles. The highest BCUT2D eigenvalue weighted by Gasteiger charge is 2.32. The molecule has 0 aliphatic rings. The maximum absolute atomic E-state index is 12.7. The summed E-state index contributed by atoms with van der Waals surface area (Å²) in [5.74, 6) is -5.39. The molecule has 0 fully saturated rings. The van der Waals surface area contributed by atoms with Crippen LogP contribution in [-0.2, 0) is 38.1 Å². The molecular weight excluding hydrogens is 1360 g/mol. The SMILES string of the molecule is C=CC(=O)OCCCCOc1c(OC)cc(C(=O)O)c(-c2ccc(-c3c(C(=O)O)cc(OC)c(OCCCCOC(=O)C=C)c3OC)c(OC)c2)c1OC.C=CC(=O)OCCCCOc1ccc(C(=O)O)c(OC)c1-c1ccc(-c2c(OCCCCOC(=O)C=C)ccc(C(=O)O)c2OC)c(OC)c1. The van der Waals surface area contributed by atoms with Gasteiger partial charge in [-0.2, -0.15) is 0 Å². The number of unbranched alkanes of at least 4 members (excludes halogenated alkanes) is 4. The first kappa shape index (κ1) is 82.3. The summed E-state index contributed by atoms with van der Waals surface area (Å²) in [6, 6.07) is 18.1. The number of ether oxygens (including phenoxy) is 16. The van der Waals surface area contributed by atoms with Crippen molar-refractivity contribution in [2.24, 2.45) is 0 Å². The van der Waals surface area contributed by atoms with Gasteiger partial charge in [0.1, 0.15) is 45.6 Å². The average Bonchev–Trinajstić information content (AvgIpc) is 0.763. The van der Waals surface area contributed by atoms with E-state index >= 15 is 0 Å². The molecule has 0 aliphatic carbocycles. The molecule has 0 aromatic heterocycles. The number of aromatic carboxylic acids is 4. The van der Waals surface area contributed by atoms with Gasteiger partial charge in [0, 0.05) is 46.6 Å². The fraction of sp³-hybridized carbons (Fsp3) is 0.316. The molecular formula is C76H84O28. The van der Waals surface area contributed by atoms with E-state index in [4.69, 9.17) is 75.8 Å². The fourth-order valence-corrected chi connectivity index (χ4v) is 10.3. The number of carboxylic acid groups (broad SMARTS) is 4. The molecule has 6 rings (SSSR count). The number of carboxylic acids is 4. The maximum atomic E-state index is 12.7. The third kappa shape index (κ3) is 21.8. The number of esters is 4. The second-order valence-corrected chi connectivity index (χ2v) is 21.5. The van der Waals surface area contributed by atoms with Crippen molar-refractivity contribution in [1.29, 1.82) is 0 Å². The van der Waals surface area contributed by atoms with Crippen molar-refractivity contribution < 1.29 is 135 Å². The summed E-state index contributed by atoms with van der Waals surface area (Å²) in [6.07, 6.45) is 8.29. The lowest BCUT2D eigenvalue weighted by Gasteiger charge is -2.22. The Balaban J connectivity index is 0.000000375. The number of benzene rings is 6. The van der Waals surface area contributed by atoms with E-state index in [-0.39, 0.29) is 149 Å². The van der Waals surface area contributed by atoms with Crippen LogP contribution in [0.1, 0.15) is 92.8 Å². The number of carbonyl (C=O) groups is 8. The van der Waals surface area contributed by atoms with E-state index in [1.165, 1.54) is 99.3 Å². The molecule has 6 aromatic carbocycles. The van der Waals surface area contributed by atoms with Crippen molar-refractivity contribution in [2.45, 2.75) is 51.4 Å². The third-order valence-corrected chi connectivity index (χ3v) is 15.1. The van der Waals surface area contributed by atoms with Crippen LogP contribution in [0.2, 0.25) is 0 Å². The summed E-state index contributed by atoms with van der Waals surface area (Å²) >= 11 is 0. The summed E-state index contributed by atoms with van der Waals surface area (Å²) in [5, 5.41) is 40.4. The highest BCUT2D eigenvalue weighted by atomic mass is 16.6. The normalized spacial score (nSPS) is 10.4. The Bertz CT molecular complexity index is 4070. The fourth-order valence-electron chi connectivity index (χ4n) is 10.3. The van der Waals surface area contributed by atoms with Crippen LogP contribution < -0.4 is 56.8 Å². The largest absolute Gasteiger partial charge is 0.496 e. The van der Waals surface area contributed by atoms with E-state index < -0.39 is 47.8 Å². The van der Waals surface area contributed by atoms with Crippen molar-refractivity contribution >= 4 is 47.8 Å². The molecule has 4 N–H and O–H groups in total. The van der Waals surface area contributed by atoms with Gasteiger partial charge in [-0.1, -0.05) is 38.4 Å². The van der Waals surface area contributed by atoms with Gasteiger partial charge in [0.05, 0.1) is 132 Å². The van der Waals surface area contributed by atoms with Crippen LogP contribution in [0.5, 0.6) is 69.0 Å². The second-order valence-electron chi connectivity index (χ2n) is 21.5. The van der Waals surface area contributed by atoms with Gasteiger partial charge in [-0.15, -0.1) is 0 Å². The van der Waals surface area contributed by atoms with Crippen molar-refractivity contribution in [1.82, 2.24) is 0 Å².